The van der Waals surface area contributed by atoms with E-state index in [1.54, 1.807) is 44.2 Å². The number of aliphatic carboxylic acids is 1. The third kappa shape index (κ3) is 2.81. The van der Waals surface area contributed by atoms with Crippen molar-refractivity contribution in [1.29, 1.82) is 0 Å². The van der Waals surface area contributed by atoms with Crippen molar-refractivity contribution in [2.75, 3.05) is 0 Å². The van der Waals surface area contributed by atoms with Crippen molar-refractivity contribution in [1.82, 2.24) is 5.32 Å². The second-order valence-corrected chi connectivity index (χ2v) is 6.52. The number of nitrogens with one attached hydrogen (secondary N) is 1. The number of carbonyl (C=O) groups is 3. The van der Waals surface area contributed by atoms with Crippen LogP contribution in [0.5, 0.6) is 0 Å². The average Bonchev–Trinajstić information content (AvgIpc) is 2.98. The molecular formula is C20H21NO5. The molecule has 1 aliphatic rings. The predicted octanol–water partition coefficient (Wildman–Crippen LogP) is 3.23. The summed E-state index contributed by atoms with van der Waals surface area (Å²) >= 11 is 0. The SMILES string of the molecule is CCC(NC(=O)c1oc2c(c1C)C(=O)CCC2)(C(=O)O)c1ccccc1. The van der Waals surface area contributed by atoms with Crippen LogP contribution in [0.15, 0.2) is 34.7 Å². The fourth-order valence-corrected chi connectivity index (χ4v) is 3.53. The second kappa shape index (κ2) is 6.78. The van der Waals surface area contributed by atoms with Gasteiger partial charge in [-0.2, -0.15) is 0 Å². The predicted molar refractivity (Wildman–Crippen MR) is 94.2 cm³/mol. The number of ketones is 1. The van der Waals surface area contributed by atoms with Gasteiger partial charge in [-0.15, -0.1) is 0 Å². The maximum Gasteiger partial charge on any atom is 0.334 e. The molecule has 0 fully saturated rings. The van der Waals surface area contributed by atoms with Crippen LogP contribution < -0.4 is 5.32 Å². The van der Waals surface area contributed by atoms with Gasteiger partial charge in [0.25, 0.3) is 5.91 Å². The standard InChI is InChI=1S/C20H21NO5/c1-3-20(19(24)25,13-8-5-4-6-9-13)21-18(23)17-12(2)16-14(22)10-7-11-15(16)26-17/h4-6,8-9H,3,7,10-11H2,1-2H3,(H,21,23)(H,24,25). The number of carboxylic acid groups (broad SMARTS) is 1. The van der Waals surface area contributed by atoms with Crippen LogP contribution in [0.3, 0.4) is 0 Å². The van der Waals surface area contributed by atoms with E-state index in [0.717, 1.165) is 0 Å². The summed E-state index contributed by atoms with van der Waals surface area (Å²) in [6, 6.07) is 8.57. The van der Waals surface area contributed by atoms with Gasteiger partial charge in [0.05, 0.1) is 5.56 Å². The number of benzene rings is 1. The summed E-state index contributed by atoms with van der Waals surface area (Å²) in [4.78, 5) is 37.0. The molecule has 1 aromatic heterocycles. The molecule has 1 unspecified atom stereocenters. The molecule has 0 bridgehead atoms. The van der Waals surface area contributed by atoms with Gasteiger partial charge in [0.1, 0.15) is 5.76 Å². The normalized spacial score (nSPS) is 15.8. The summed E-state index contributed by atoms with van der Waals surface area (Å²) in [7, 11) is 0. The smallest absolute Gasteiger partial charge is 0.334 e. The van der Waals surface area contributed by atoms with Crippen LogP contribution in [-0.4, -0.2) is 22.8 Å². The molecule has 6 nitrogen and oxygen atoms in total. The van der Waals surface area contributed by atoms with Gasteiger partial charge >= 0.3 is 5.97 Å². The quantitative estimate of drug-likeness (QED) is 0.858. The van der Waals surface area contributed by atoms with Crippen molar-refractivity contribution in [3.05, 3.63) is 58.5 Å². The van der Waals surface area contributed by atoms with Crippen molar-refractivity contribution in [3.63, 3.8) is 0 Å². The molecule has 0 radical (unpaired) electrons. The Labute approximate surface area is 151 Å². The molecular weight excluding hydrogens is 334 g/mol. The number of rotatable bonds is 5. The van der Waals surface area contributed by atoms with E-state index in [1.807, 2.05) is 0 Å². The van der Waals surface area contributed by atoms with Gasteiger partial charge in [0, 0.05) is 18.4 Å². The number of fused-ring (bicyclic) bond motifs is 1. The Morgan fingerprint density at radius 3 is 2.50 bits per heavy atom. The van der Waals surface area contributed by atoms with Crippen molar-refractivity contribution < 1.29 is 23.9 Å². The van der Waals surface area contributed by atoms with E-state index in [1.165, 1.54) is 0 Å². The molecule has 3 rings (SSSR count). The zero-order valence-corrected chi connectivity index (χ0v) is 14.8. The number of hydrogen-bond acceptors (Lipinski definition) is 4. The lowest BCUT2D eigenvalue weighted by molar-refractivity contribution is -0.145. The van der Waals surface area contributed by atoms with Gasteiger partial charge in [-0.05, 0) is 25.3 Å². The Balaban J connectivity index is 2.00. The minimum Gasteiger partial charge on any atom is -0.479 e. The number of carboxylic acids is 1. The molecule has 26 heavy (non-hydrogen) atoms. The first-order valence-corrected chi connectivity index (χ1v) is 8.67. The van der Waals surface area contributed by atoms with Crippen LogP contribution in [0.1, 0.15) is 64.0 Å². The summed E-state index contributed by atoms with van der Waals surface area (Å²) in [6.45, 7) is 3.36. The molecule has 1 heterocycles. The maximum absolute atomic E-state index is 12.9. The molecule has 0 aliphatic heterocycles. The summed E-state index contributed by atoms with van der Waals surface area (Å²) in [6.07, 6.45) is 1.90. The number of hydrogen-bond donors (Lipinski definition) is 2. The Morgan fingerprint density at radius 2 is 1.92 bits per heavy atom. The Bertz CT molecular complexity index is 868. The molecule has 1 aromatic carbocycles. The number of amides is 1. The number of Topliss-reactive ketones (excluding diaryl/α,β-unsaturated/α-hetero) is 1. The van der Waals surface area contributed by atoms with Crippen molar-refractivity contribution in [2.24, 2.45) is 0 Å². The van der Waals surface area contributed by atoms with E-state index in [0.29, 0.717) is 41.7 Å². The van der Waals surface area contributed by atoms with Crippen LogP contribution in [0.4, 0.5) is 0 Å². The van der Waals surface area contributed by atoms with Crippen LogP contribution >= 0.6 is 0 Å². The third-order valence-corrected chi connectivity index (χ3v) is 5.00. The van der Waals surface area contributed by atoms with Crippen LogP contribution in [0, 0.1) is 6.92 Å². The van der Waals surface area contributed by atoms with Crippen LogP contribution in [-0.2, 0) is 16.8 Å². The topological polar surface area (TPSA) is 96.6 Å². The lowest BCUT2D eigenvalue weighted by atomic mass is 9.87. The highest BCUT2D eigenvalue weighted by atomic mass is 16.4. The summed E-state index contributed by atoms with van der Waals surface area (Å²) < 4.78 is 5.65. The molecule has 136 valence electrons. The fourth-order valence-electron chi connectivity index (χ4n) is 3.53. The molecule has 0 saturated carbocycles. The minimum atomic E-state index is -1.57. The second-order valence-electron chi connectivity index (χ2n) is 6.52. The van der Waals surface area contributed by atoms with Crippen molar-refractivity contribution in [3.8, 4) is 0 Å². The molecule has 1 atom stereocenters. The number of carbonyl (C=O) groups excluding carboxylic acids is 2. The molecule has 1 aliphatic carbocycles. The van der Waals surface area contributed by atoms with E-state index in [2.05, 4.69) is 5.32 Å². The lowest BCUT2D eigenvalue weighted by Gasteiger charge is -2.29. The van der Waals surface area contributed by atoms with Crippen molar-refractivity contribution in [2.45, 2.75) is 45.1 Å². The van der Waals surface area contributed by atoms with E-state index >= 15 is 0 Å². The first kappa shape index (κ1) is 17.9. The maximum atomic E-state index is 12.9. The van der Waals surface area contributed by atoms with Gasteiger partial charge in [-0.1, -0.05) is 37.3 Å². The van der Waals surface area contributed by atoms with Gasteiger partial charge in [-0.3, -0.25) is 9.59 Å². The zero-order chi connectivity index (χ0) is 18.9. The molecule has 2 N–H and O–H groups in total. The lowest BCUT2D eigenvalue weighted by Crippen LogP contribution is -2.51. The Morgan fingerprint density at radius 1 is 1.23 bits per heavy atom. The van der Waals surface area contributed by atoms with Gasteiger partial charge in [0.2, 0.25) is 0 Å². The van der Waals surface area contributed by atoms with Crippen LogP contribution in [0.2, 0.25) is 0 Å². The molecule has 2 aromatic rings. The monoisotopic (exact) mass is 355 g/mol. The van der Waals surface area contributed by atoms with Crippen LogP contribution in [0.25, 0.3) is 0 Å². The minimum absolute atomic E-state index is 0.0141. The first-order valence-electron chi connectivity index (χ1n) is 8.67. The highest BCUT2D eigenvalue weighted by Crippen LogP contribution is 2.31. The van der Waals surface area contributed by atoms with E-state index in [-0.39, 0.29) is 18.0 Å². The van der Waals surface area contributed by atoms with Gasteiger partial charge in [0.15, 0.2) is 17.1 Å². The molecule has 6 heteroatoms. The number of aryl methyl sites for hydroxylation is 1. The summed E-state index contributed by atoms with van der Waals surface area (Å²) in [5.74, 6) is -1.28. The number of furan rings is 1. The van der Waals surface area contributed by atoms with E-state index in [9.17, 15) is 19.5 Å². The Kier molecular flexibility index (Phi) is 4.68. The van der Waals surface area contributed by atoms with Gasteiger partial charge < -0.3 is 14.8 Å². The average molecular weight is 355 g/mol. The highest BCUT2D eigenvalue weighted by Gasteiger charge is 2.41. The first-order chi connectivity index (χ1) is 12.4. The molecule has 0 saturated heterocycles. The summed E-state index contributed by atoms with van der Waals surface area (Å²) in [5.41, 5.74) is -0.139. The van der Waals surface area contributed by atoms with Gasteiger partial charge in [-0.25, -0.2) is 4.79 Å². The fraction of sp³-hybridized carbons (Fsp3) is 0.350. The van der Waals surface area contributed by atoms with E-state index in [4.69, 9.17) is 4.42 Å². The third-order valence-electron chi connectivity index (χ3n) is 5.00. The summed E-state index contributed by atoms with van der Waals surface area (Å²) in [5, 5.41) is 12.5. The largest absolute Gasteiger partial charge is 0.479 e. The van der Waals surface area contributed by atoms with Crippen molar-refractivity contribution >= 4 is 17.7 Å². The molecule has 0 spiro atoms. The zero-order valence-electron chi connectivity index (χ0n) is 14.8. The molecule has 1 amide bonds. The van der Waals surface area contributed by atoms with E-state index < -0.39 is 17.4 Å². The Hall–Kier alpha value is -2.89. The highest BCUT2D eigenvalue weighted by molar-refractivity contribution is 6.04.